The van der Waals surface area contributed by atoms with Crippen LogP contribution < -0.4 is 15.8 Å². The SMILES string of the molecule is Cc1cc(=O)oc2cc(OCC(=O)N/N=C/c3nc4ccccc4[nH]3)ccc12. The summed E-state index contributed by atoms with van der Waals surface area (Å²) < 4.78 is 10.6. The van der Waals surface area contributed by atoms with E-state index in [4.69, 9.17) is 9.15 Å². The van der Waals surface area contributed by atoms with E-state index >= 15 is 0 Å². The fourth-order valence-electron chi connectivity index (χ4n) is 2.78. The zero-order valence-corrected chi connectivity index (χ0v) is 14.9. The van der Waals surface area contributed by atoms with Crippen LogP contribution in [0.4, 0.5) is 0 Å². The van der Waals surface area contributed by atoms with E-state index in [9.17, 15) is 9.59 Å². The van der Waals surface area contributed by atoms with Crippen LogP contribution in [0.25, 0.3) is 22.0 Å². The number of carbonyl (C=O) groups is 1. The molecule has 2 N–H and O–H groups in total. The summed E-state index contributed by atoms with van der Waals surface area (Å²) in [5.74, 6) is 0.512. The van der Waals surface area contributed by atoms with Crippen LogP contribution in [0.1, 0.15) is 11.4 Å². The summed E-state index contributed by atoms with van der Waals surface area (Å²) in [5.41, 5.74) is 4.87. The zero-order valence-electron chi connectivity index (χ0n) is 14.9. The average molecular weight is 376 g/mol. The van der Waals surface area contributed by atoms with Crippen molar-refractivity contribution in [3.63, 3.8) is 0 Å². The van der Waals surface area contributed by atoms with Crippen LogP contribution in [0, 0.1) is 6.92 Å². The molecule has 0 radical (unpaired) electrons. The number of para-hydroxylation sites is 2. The molecule has 4 rings (SSSR count). The van der Waals surface area contributed by atoms with E-state index in [1.807, 2.05) is 31.2 Å². The maximum Gasteiger partial charge on any atom is 0.336 e. The molecule has 0 fully saturated rings. The summed E-state index contributed by atoms with van der Waals surface area (Å²) in [6, 6.07) is 14.1. The van der Waals surface area contributed by atoms with Gasteiger partial charge in [-0.1, -0.05) is 12.1 Å². The number of imidazole rings is 1. The highest BCUT2D eigenvalue weighted by molar-refractivity contribution is 5.85. The molecule has 0 saturated heterocycles. The van der Waals surface area contributed by atoms with Gasteiger partial charge in [0.1, 0.15) is 11.3 Å². The van der Waals surface area contributed by atoms with Gasteiger partial charge in [0.2, 0.25) is 0 Å². The van der Waals surface area contributed by atoms with Crippen LogP contribution in [-0.4, -0.2) is 28.7 Å². The highest BCUT2D eigenvalue weighted by atomic mass is 16.5. The molecule has 0 bridgehead atoms. The first-order valence-corrected chi connectivity index (χ1v) is 8.52. The van der Waals surface area contributed by atoms with Crippen LogP contribution in [-0.2, 0) is 4.79 Å². The standard InChI is InChI=1S/C20H16N4O4/c1-12-8-20(26)28-17-9-13(6-7-14(12)17)27-11-19(25)24-21-10-18-22-15-4-2-3-5-16(15)23-18/h2-10H,11H2,1H3,(H,22,23)(H,24,25)/b21-10+. The van der Waals surface area contributed by atoms with Gasteiger partial charge in [-0.15, -0.1) is 0 Å². The number of H-pyrrole nitrogens is 1. The Bertz CT molecular complexity index is 1220. The van der Waals surface area contributed by atoms with Crippen molar-refractivity contribution in [1.29, 1.82) is 0 Å². The summed E-state index contributed by atoms with van der Waals surface area (Å²) in [6.45, 7) is 1.59. The van der Waals surface area contributed by atoms with E-state index in [-0.39, 0.29) is 6.61 Å². The van der Waals surface area contributed by atoms with Crippen molar-refractivity contribution in [2.75, 3.05) is 6.61 Å². The lowest BCUT2D eigenvalue weighted by Gasteiger charge is -2.06. The molecule has 8 nitrogen and oxygen atoms in total. The summed E-state index contributed by atoms with van der Waals surface area (Å²) in [7, 11) is 0. The minimum atomic E-state index is -0.432. The van der Waals surface area contributed by atoms with Crippen LogP contribution >= 0.6 is 0 Å². The first-order chi connectivity index (χ1) is 13.6. The van der Waals surface area contributed by atoms with Gasteiger partial charge in [-0.3, -0.25) is 4.79 Å². The number of hydrogen-bond donors (Lipinski definition) is 2. The molecule has 4 aromatic rings. The lowest BCUT2D eigenvalue weighted by atomic mass is 10.1. The van der Waals surface area contributed by atoms with Crippen molar-refractivity contribution >= 4 is 34.1 Å². The number of aromatic amines is 1. The smallest absolute Gasteiger partial charge is 0.336 e. The molecule has 0 aliphatic carbocycles. The number of nitrogens with zero attached hydrogens (tertiary/aromatic N) is 2. The fraction of sp³-hybridized carbons (Fsp3) is 0.100. The van der Waals surface area contributed by atoms with Crippen molar-refractivity contribution in [3.05, 3.63) is 70.3 Å². The fourth-order valence-corrected chi connectivity index (χ4v) is 2.78. The van der Waals surface area contributed by atoms with E-state index in [1.165, 1.54) is 12.3 Å². The van der Waals surface area contributed by atoms with Crippen LogP contribution in [0.15, 0.2) is 62.8 Å². The van der Waals surface area contributed by atoms with Gasteiger partial charge in [-0.05, 0) is 36.8 Å². The van der Waals surface area contributed by atoms with Gasteiger partial charge >= 0.3 is 5.63 Å². The van der Waals surface area contributed by atoms with Gasteiger partial charge in [0, 0.05) is 17.5 Å². The topological polar surface area (TPSA) is 110 Å². The van der Waals surface area contributed by atoms with Crippen LogP contribution in [0.2, 0.25) is 0 Å². The van der Waals surface area contributed by atoms with Gasteiger partial charge in [0.25, 0.3) is 5.91 Å². The Labute approximate surface area is 158 Å². The minimum absolute atomic E-state index is 0.237. The van der Waals surface area contributed by atoms with Crippen molar-refractivity contribution in [2.24, 2.45) is 5.10 Å². The second kappa shape index (κ2) is 7.36. The molecule has 2 heterocycles. The Morgan fingerprint density at radius 1 is 1.29 bits per heavy atom. The number of aromatic nitrogens is 2. The molecule has 0 spiro atoms. The molecule has 8 heteroatoms. The maximum absolute atomic E-state index is 11.9. The summed E-state index contributed by atoms with van der Waals surface area (Å²) in [6.07, 6.45) is 1.42. The maximum atomic E-state index is 11.9. The Morgan fingerprint density at radius 3 is 3.00 bits per heavy atom. The van der Waals surface area contributed by atoms with E-state index in [1.54, 1.807) is 18.2 Å². The van der Waals surface area contributed by atoms with Gasteiger partial charge in [0.05, 0.1) is 17.2 Å². The second-order valence-corrected chi connectivity index (χ2v) is 6.13. The predicted molar refractivity (Wildman–Crippen MR) is 105 cm³/mol. The number of amides is 1. The third kappa shape index (κ3) is 3.75. The third-order valence-electron chi connectivity index (χ3n) is 4.08. The van der Waals surface area contributed by atoms with Gasteiger partial charge < -0.3 is 14.1 Å². The number of benzene rings is 2. The molecule has 1 amide bonds. The van der Waals surface area contributed by atoms with Gasteiger partial charge in [-0.2, -0.15) is 5.10 Å². The van der Waals surface area contributed by atoms with Gasteiger partial charge in [-0.25, -0.2) is 15.2 Å². The molecule has 140 valence electrons. The zero-order chi connectivity index (χ0) is 19.5. The number of fused-ring (bicyclic) bond motifs is 2. The first-order valence-electron chi connectivity index (χ1n) is 8.52. The highest BCUT2D eigenvalue weighted by Gasteiger charge is 2.06. The molecule has 0 atom stereocenters. The normalized spacial score (nSPS) is 11.3. The van der Waals surface area contributed by atoms with E-state index in [2.05, 4.69) is 20.5 Å². The third-order valence-corrected chi connectivity index (χ3v) is 4.08. The van der Waals surface area contributed by atoms with Crippen molar-refractivity contribution in [3.8, 4) is 5.75 Å². The summed E-state index contributed by atoms with van der Waals surface area (Å²) >= 11 is 0. The highest BCUT2D eigenvalue weighted by Crippen LogP contribution is 2.22. The first kappa shape index (κ1) is 17.5. The quantitative estimate of drug-likeness (QED) is 0.316. The van der Waals surface area contributed by atoms with E-state index in [0.29, 0.717) is 17.2 Å². The number of aryl methyl sites for hydroxylation is 1. The number of nitrogens with one attached hydrogen (secondary N) is 2. The molecule has 2 aromatic carbocycles. The Hall–Kier alpha value is -3.94. The number of rotatable bonds is 5. The monoisotopic (exact) mass is 376 g/mol. The second-order valence-electron chi connectivity index (χ2n) is 6.13. The molecule has 0 saturated carbocycles. The molecule has 28 heavy (non-hydrogen) atoms. The summed E-state index contributed by atoms with van der Waals surface area (Å²) in [5, 5.41) is 4.68. The Morgan fingerprint density at radius 2 is 2.14 bits per heavy atom. The summed E-state index contributed by atoms with van der Waals surface area (Å²) in [4.78, 5) is 30.8. The predicted octanol–water partition coefficient (Wildman–Crippen LogP) is 2.51. The molecule has 0 aliphatic heterocycles. The number of hydrogen-bond acceptors (Lipinski definition) is 6. The largest absolute Gasteiger partial charge is 0.484 e. The minimum Gasteiger partial charge on any atom is -0.484 e. The van der Waals surface area contributed by atoms with Crippen LogP contribution in [0.5, 0.6) is 5.75 Å². The number of hydrazone groups is 1. The Kier molecular flexibility index (Phi) is 4.59. The van der Waals surface area contributed by atoms with Crippen molar-refractivity contribution in [1.82, 2.24) is 15.4 Å². The number of ether oxygens (including phenoxy) is 1. The Balaban J connectivity index is 1.36. The van der Waals surface area contributed by atoms with E-state index < -0.39 is 11.5 Å². The molecule has 0 aliphatic rings. The van der Waals surface area contributed by atoms with Gasteiger partial charge in [0.15, 0.2) is 12.4 Å². The lowest BCUT2D eigenvalue weighted by molar-refractivity contribution is -0.123. The molecule has 2 aromatic heterocycles. The van der Waals surface area contributed by atoms with E-state index in [0.717, 1.165) is 22.0 Å². The number of carbonyl (C=O) groups excluding carboxylic acids is 1. The average Bonchev–Trinajstić information content (AvgIpc) is 3.08. The molecule has 0 unspecified atom stereocenters. The molecular formula is C20H16N4O4. The van der Waals surface area contributed by atoms with Crippen molar-refractivity contribution in [2.45, 2.75) is 6.92 Å². The molecular weight excluding hydrogens is 360 g/mol. The van der Waals surface area contributed by atoms with Crippen LogP contribution in [0.3, 0.4) is 0 Å². The lowest BCUT2D eigenvalue weighted by Crippen LogP contribution is -2.24. The van der Waals surface area contributed by atoms with Crippen molar-refractivity contribution < 1.29 is 13.9 Å².